The summed E-state index contributed by atoms with van der Waals surface area (Å²) < 4.78 is 24.0. The van der Waals surface area contributed by atoms with E-state index < -0.39 is 15.9 Å². The third-order valence-electron chi connectivity index (χ3n) is 2.04. The summed E-state index contributed by atoms with van der Waals surface area (Å²) in [6, 6.07) is 2.96. The minimum Gasteiger partial charge on any atom is -0.366 e. The molecule has 0 spiro atoms. The van der Waals surface area contributed by atoms with E-state index in [1.54, 1.807) is 0 Å². The van der Waals surface area contributed by atoms with Crippen molar-refractivity contribution in [1.82, 2.24) is 9.29 Å². The monoisotopic (exact) mass is 258 g/mol. The van der Waals surface area contributed by atoms with Crippen LogP contribution in [0.15, 0.2) is 18.3 Å². The Morgan fingerprint density at radius 2 is 2.12 bits per heavy atom. The number of nitrogens with zero attached hydrogens (tertiary/aromatic N) is 2. The summed E-state index contributed by atoms with van der Waals surface area (Å²) in [5.74, 6) is -0.478. The molecule has 0 aromatic carbocycles. The maximum atomic E-state index is 11.4. The molecule has 94 valence electrons. The molecule has 0 unspecified atom stereocenters. The van der Waals surface area contributed by atoms with Crippen molar-refractivity contribution in [2.24, 2.45) is 5.73 Å². The first-order valence-corrected chi connectivity index (χ1v) is 6.34. The number of hydrogen-bond acceptors (Lipinski definition) is 5. The van der Waals surface area contributed by atoms with Gasteiger partial charge in [0.2, 0.25) is 15.9 Å². The molecule has 0 aliphatic rings. The van der Waals surface area contributed by atoms with E-state index in [4.69, 9.17) is 5.73 Å². The van der Waals surface area contributed by atoms with E-state index in [0.29, 0.717) is 5.82 Å². The molecule has 3 N–H and O–H groups in total. The number of carbonyl (C=O) groups excluding carboxylic acids is 1. The summed E-state index contributed by atoms with van der Waals surface area (Å²) in [7, 11) is -0.442. The van der Waals surface area contributed by atoms with Gasteiger partial charge in [-0.2, -0.15) is 0 Å². The molecular formula is C9H14N4O3S. The van der Waals surface area contributed by atoms with Gasteiger partial charge in [0.15, 0.2) is 0 Å². The molecular weight excluding hydrogens is 244 g/mol. The largest absolute Gasteiger partial charge is 0.366 e. The Kier molecular flexibility index (Phi) is 4.02. The second-order valence-electron chi connectivity index (χ2n) is 3.51. The molecule has 0 saturated heterocycles. The van der Waals surface area contributed by atoms with Gasteiger partial charge in [0.1, 0.15) is 11.7 Å². The maximum absolute atomic E-state index is 11.4. The fourth-order valence-electron chi connectivity index (χ4n) is 0.938. The first kappa shape index (κ1) is 13.4. The number of carbonyl (C=O) groups is 1. The van der Waals surface area contributed by atoms with Gasteiger partial charge in [-0.25, -0.2) is 17.7 Å². The molecule has 0 saturated carbocycles. The lowest BCUT2D eigenvalue weighted by Gasteiger charge is -2.12. The van der Waals surface area contributed by atoms with Gasteiger partial charge in [-0.1, -0.05) is 0 Å². The number of nitrogens with one attached hydrogen (secondary N) is 1. The number of rotatable bonds is 5. The summed E-state index contributed by atoms with van der Waals surface area (Å²) in [6.45, 7) is 0. The van der Waals surface area contributed by atoms with Gasteiger partial charge in [-0.3, -0.25) is 4.79 Å². The Hall–Kier alpha value is -1.67. The van der Waals surface area contributed by atoms with Crippen molar-refractivity contribution in [3.05, 3.63) is 23.9 Å². The molecule has 1 rings (SSSR count). The second kappa shape index (κ2) is 5.11. The van der Waals surface area contributed by atoms with Crippen LogP contribution in [0.1, 0.15) is 10.4 Å². The standard InChI is InChI=1S/C9H14N4O3S/c1-13(2)17(15,16)6-12-8-4-3-7(5-11-8)9(10)14/h3-5H,6H2,1-2H3,(H2,10,14)(H,11,12). The van der Waals surface area contributed by atoms with Crippen LogP contribution in [0, 0.1) is 0 Å². The molecule has 0 fully saturated rings. The second-order valence-corrected chi connectivity index (χ2v) is 5.69. The smallest absolute Gasteiger partial charge is 0.250 e. The van der Waals surface area contributed by atoms with Crippen molar-refractivity contribution in [3.8, 4) is 0 Å². The SMILES string of the molecule is CN(C)S(=O)(=O)CNc1ccc(C(N)=O)cn1. The number of pyridine rings is 1. The lowest BCUT2D eigenvalue weighted by Crippen LogP contribution is -2.28. The Morgan fingerprint density at radius 1 is 1.47 bits per heavy atom. The Bertz CT molecular complexity index is 495. The zero-order chi connectivity index (χ0) is 13.1. The average Bonchev–Trinajstić information content (AvgIpc) is 2.27. The highest BCUT2D eigenvalue weighted by molar-refractivity contribution is 7.89. The van der Waals surface area contributed by atoms with Gasteiger partial charge in [-0.15, -0.1) is 0 Å². The normalized spacial score (nSPS) is 11.5. The van der Waals surface area contributed by atoms with Crippen LogP contribution < -0.4 is 11.1 Å². The number of nitrogens with two attached hydrogens (primary N) is 1. The van der Waals surface area contributed by atoms with E-state index in [-0.39, 0.29) is 11.4 Å². The number of amides is 1. The van der Waals surface area contributed by atoms with Crippen LogP contribution in [0.5, 0.6) is 0 Å². The number of primary amides is 1. The zero-order valence-corrected chi connectivity index (χ0v) is 10.4. The number of sulfonamides is 1. The quantitative estimate of drug-likeness (QED) is 0.736. The van der Waals surface area contributed by atoms with Crippen molar-refractivity contribution in [2.75, 3.05) is 25.3 Å². The highest BCUT2D eigenvalue weighted by Gasteiger charge is 2.13. The van der Waals surface area contributed by atoms with Crippen molar-refractivity contribution in [2.45, 2.75) is 0 Å². The Balaban J connectivity index is 2.68. The van der Waals surface area contributed by atoms with E-state index in [1.165, 1.54) is 32.4 Å². The predicted molar refractivity (Wildman–Crippen MR) is 63.9 cm³/mol. The van der Waals surface area contributed by atoms with Crippen LogP contribution in [0.25, 0.3) is 0 Å². The zero-order valence-electron chi connectivity index (χ0n) is 9.54. The van der Waals surface area contributed by atoms with E-state index in [0.717, 1.165) is 4.31 Å². The third-order valence-corrected chi connectivity index (χ3v) is 3.66. The summed E-state index contributed by atoms with van der Waals surface area (Å²) in [5, 5.41) is 2.64. The first-order valence-electron chi connectivity index (χ1n) is 4.73. The first-order chi connectivity index (χ1) is 7.83. The molecule has 8 heteroatoms. The van der Waals surface area contributed by atoms with Crippen molar-refractivity contribution in [3.63, 3.8) is 0 Å². The molecule has 17 heavy (non-hydrogen) atoms. The van der Waals surface area contributed by atoms with Crippen LogP contribution >= 0.6 is 0 Å². The molecule has 1 amide bonds. The predicted octanol–water partition coefficient (Wildman–Crippen LogP) is -0.559. The summed E-state index contributed by atoms with van der Waals surface area (Å²) in [5.41, 5.74) is 5.31. The number of aromatic nitrogens is 1. The highest BCUT2D eigenvalue weighted by Crippen LogP contribution is 2.05. The van der Waals surface area contributed by atoms with E-state index in [2.05, 4.69) is 10.3 Å². The topological polar surface area (TPSA) is 105 Å². The molecule has 0 atom stereocenters. The fourth-order valence-corrected chi connectivity index (χ4v) is 1.53. The molecule has 0 bridgehead atoms. The minimum atomic E-state index is -3.33. The van der Waals surface area contributed by atoms with E-state index in [1.807, 2.05) is 0 Å². The van der Waals surface area contributed by atoms with Crippen molar-refractivity contribution < 1.29 is 13.2 Å². The molecule has 1 heterocycles. The van der Waals surface area contributed by atoms with Gasteiger partial charge in [-0.05, 0) is 12.1 Å². The number of anilines is 1. The lowest BCUT2D eigenvalue weighted by molar-refractivity contribution is 0.1000. The van der Waals surface area contributed by atoms with Crippen molar-refractivity contribution >= 4 is 21.7 Å². The molecule has 0 radical (unpaired) electrons. The van der Waals surface area contributed by atoms with Gasteiger partial charge < -0.3 is 11.1 Å². The van der Waals surface area contributed by atoms with Gasteiger partial charge >= 0.3 is 0 Å². The molecule has 0 aliphatic heterocycles. The van der Waals surface area contributed by atoms with Crippen LogP contribution in [-0.4, -0.2) is 43.6 Å². The summed E-state index contributed by atoms with van der Waals surface area (Å²) in [4.78, 5) is 14.6. The van der Waals surface area contributed by atoms with Crippen LogP contribution in [0.2, 0.25) is 0 Å². The molecule has 7 nitrogen and oxygen atoms in total. The van der Waals surface area contributed by atoms with Crippen LogP contribution in [0.3, 0.4) is 0 Å². The highest BCUT2D eigenvalue weighted by atomic mass is 32.2. The minimum absolute atomic E-state index is 0.261. The van der Waals surface area contributed by atoms with Crippen LogP contribution in [-0.2, 0) is 10.0 Å². The van der Waals surface area contributed by atoms with Crippen molar-refractivity contribution in [1.29, 1.82) is 0 Å². The van der Waals surface area contributed by atoms with E-state index >= 15 is 0 Å². The molecule has 1 aromatic rings. The van der Waals surface area contributed by atoms with Gasteiger partial charge in [0.05, 0.1) is 5.56 Å². The van der Waals surface area contributed by atoms with Gasteiger partial charge in [0, 0.05) is 20.3 Å². The molecule has 0 aliphatic carbocycles. The van der Waals surface area contributed by atoms with Gasteiger partial charge in [0.25, 0.3) is 0 Å². The fraction of sp³-hybridized carbons (Fsp3) is 0.333. The summed E-state index contributed by atoms with van der Waals surface area (Å²) in [6.07, 6.45) is 1.28. The summed E-state index contributed by atoms with van der Waals surface area (Å²) >= 11 is 0. The Morgan fingerprint density at radius 3 is 2.53 bits per heavy atom. The molecule has 1 aromatic heterocycles. The van der Waals surface area contributed by atoms with Crippen LogP contribution in [0.4, 0.5) is 5.82 Å². The maximum Gasteiger partial charge on any atom is 0.250 e. The third kappa shape index (κ3) is 3.68. The van der Waals surface area contributed by atoms with E-state index in [9.17, 15) is 13.2 Å². The Labute approximate surface area is 99.7 Å². The lowest BCUT2D eigenvalue weighted by atomic mass is 10.3. The number of hydrogen-bond donors (Lipinski definition) is 2. The average molecular weight is 258 g/mol.